The Morgan fingerprint density at radius 3 is 2.07 bits per heavy atom. The van der Waals surface area contributed by atoms with Crippen molar-refractivity contribution in [1.82, 2.24) is 0 Å². The maximum atomic E-state index is 13.7. The van der Waals surface area contributed by atoms with Gasteiger partial charge in [0, 0.05) is 19.4 Å². The van der Waals surface area contributed by atoms with E-state index < -0.39 is 83.2 Å². The molecule has 0 aromatic heterocycles. The molecule has 10 atom stereocenters. The number of carbonyl (C=O) groups is 3. The molecule has 2 aliphatic heterocycles. The van der Waals surface area contributed by atoms with Crippen LogP contribution in [-0.2, 0) is 28.5 Å². The van der Waals surface area contributed by atoms with E-state index in [-0.39, 0.29) is 17.5 Å². The number of hydrogen-bond donors (Lipinski definition) is 3. The van der Waals surface area contributed by atoms with Crippen LogP contribution in [0.1, 0.15) is 41.0 Å². The van der Waals surface area contributed by atoms with E-state index in [4.69, 9.17) is 23.7 Å². The summed E-state index contributed by atoms with van der Waals surface area (Å²) in [6, 6.07) is 16.2. The number of aliphatic hydroxyl groups is 3. The molecule has 41 heavy (non-hydrogen) atoms. The highest BCUT2D eigenvalue weighted by Gasteiger charge is 2.91. The molecule has 4 aliphatic rings. The first-order valence-corrected chi connectivity index (χ1v) is 13.5. The van der Waals surface area contributed by atoms with Crippen molar-refractivity contribution in [2.75, 3.05) is 13.7 Å². The van der Waals surface area contributed by atoms with Crippen molar-refractivity contribution in [3.63, 3.8) is 0 Å². The molecule has 2 heterocycles. The van der Waals surface area contributed by atoms with Crippen LogP contribution in [0.3, 0.4) is 0 Å². The summed E-state index contributed by atoms with van der Waals surface area (Å²) in [5, 5.41) is 37.0. The lowest BCUT2D eigenvalue weighted by atomic mass is 9.44. The fraction of sp³-hybridized carbons (Fsp3) is 0.500. The second kappa shape index (κ2) is 9.33. The number of methoxy groups -OCH3 is 1. The maximum Gasteiger partial charge on any atom is 0.338 e. The van der Waals surface area contributed by atoms with Crippen molar-refractivity contribution in [3.05, 3.63) is 71.8 Å². The van der Waals surface area contributed by atoms with Gasteiger partial charge in [-0.2, -0.15) is 0 Å². The van der Waals surface area contributed by atoms with Crippen molar-refractivity contribution in [2.45, 2.75) is 62.2 Å². The third-order valence-corrected chi connectivity index (χ3v) is 10.0. The van der Waals surface area contributed by atoms with Gasteiger partial charge in [0.15, 0.2) is 12.4 Å². The number of benzene rings is 2. The summed E-state index contributed by atoms with van der Waals surface area (Å²) in [6.45, 7) is 2.54. The van der Waals surface area contributed by atoms with Crippen LogP contribution in [0.4, 0.5) is 0 Å². The minimum absolute atomic E-state index is 0.183. The highest BCUT2D eigenvalue weighted by atomic mass is 16.7. The molecule has 6 rings (SSSR count). The number of rotatable bonds is 5. The molecule has 218 valence electrons. The van der Waals surface area contributed by atoms with Crippen molar-refractivity contribution in [3.8, 4) is 0 Å². The molecule has 0 radical (unpaired) electrons. The van der Waals surface area contributed by atoms with Crippen LogP contribution in [0.2, 0.25) is 0 Å². The summed E-state index contributed by atoms with van der Waals surface area (Å²) in [4.78, 5) is 40.1. The predicted octanol–water partition coefficient (Wildman–Crippen LogP) is 1.23. The number of ether oxygens (including phenoxy) is 5. The minimum Gasteiger partial charge on any atom is -0.459 e. The summed E-state index contributed by atoms with van der Waals surface area (Å²) in [5.41, 5.74) is -8.11. The molecule has 2 aliphatic carbocycles. The van der Waals surface area contributed by atoms with Crippen LogP contribution in [0.25, 0.3) is 0 Å². The van der Waals surface area contributed by atoms with E-state index >= 15 is 0 Å². The summed E-state index contributed by atoms with van der Waals surface area (Å²) in [7, 11) is 1.30. The van der Waals surface area contributed by atoms with Gasteiger partial charge in [0.2, 0.25) is 0 Å². The summed E-state index contributed by atoms with van der Waals surface area (Å²) < 4.78 is 28.7. The van der Waals surface area contributed by atoms with E-state index in [1.807, 2.05) is 0 Å². The molecule has 2 aromatic carbocycles. The Labute approximate surface area is 235 Å². The average Bonchev–Trinajstić information content (AvgIpc) is 3.41. The fourth-order valence-corrected chi connectivity index (χ4v) is 7.77. The summed E-state index contributed by atoms with van der Waals surface area (Å²) in [5.74, 6) is -3.39. The van der Waals surface area contributed by atoms with E-state index in [9.17, 15) is 29.7 Å². The molecule has 1 spiro atoms. The van der Waals surface area contributed by atoms with Crippen LogP contribution in [-0.4, -0.2) is 88.9 Å². The lowest BCUT2D eigenvalue weighted by molar-refractivity contribution is -0.384. The average molecular weight is 569 g/mol. The van der Waals surface area contributed by atoms with Gasteiger partial charge < -0.3 is 39.0 Å². The highest BCUT2D eigenvalue weighted by molar-refractivity contribution is 5.90. The largest absolute Gasteiger partial charge is 0.459 e. The van der Waals surface area contributed by atoms with E-state index in [0.717, 1.165) is 0 Å². The number of hydrogen-bond acceptors (Lipinski definition) is 11. The second-order valence-electron chi connectivity index (χ2n) is 11.5. The Morgan fingerprint density at radius 1 is 0.951 bits per heavy atom. The van der Waals surface area contributed by atoms with Gasteiger partial charge in [-0.1, -0.05) is 43.3 Å². The topological polar surface area (TPSA) is 158 Å². The Balaban J connectivity index is 1.48. The molecule has 3 N–H and O–H groups in total. The van der Waals surface area contributed by atoms with Gasteiger partial charge in [-0.25, -0.2) is 9.59 Å². The van der Waals surface area contributed by atoms with Gasteiger partial charge >= 0.3 is 17.9 Å². The van der Waals surface area contributed by atoms with Gasteiger partial charge in [-0.3, -0.25) is 4.79 Å². The molecule has 2 saturated heterocycles. The first-order valence-electron chi connectivity index (χ1n) is 13.5. The van der Waals surface area contributed by atoms with E-state index in [1.165, 1.54) is 38.3 Å². The number of esters is 3. The zero-order chi connectivity index (χ0) is 29.4. The zero-order valence-corrected chi connectivity index (χ0v) is 22.8. The molecule has 11 heteroatoms. The Morgan fingerprint density at radius 2 is 1.51 bits per heavy atom. The first-order chi connectivity index (χ1) is 19.5. The Hall–Kier alpha value is -3.35. The van der Waals surface area contributed by atoms with Crippen LogP contribution >= 0.6 is 0 Å². The predicted molar refractivity (Wildman–Crippen MR) is 138 cm³/mol. The zero-order valence-electron chi connectivity index (χ0n) is 22.8. The number of fused-ring (bicyclic) bond motifs is 4. The van der Waals surface area contributed by atoms with Crippen LogP contribution in [0.5, 0.6) is 0 Å². The molecule has 2 bridgehead atoms. The van der Waals surface area contributed by atoms with Gasteiger partial charge in [-0.05, 0) is 31.2 Å². The lowest BCUT2D eigenvalue weighted by Gasteiger charge is -2.65. The fourth-order valence-electron chi connectivity index (χ4n) is 7.77. The lowest BCUT2D eigenvalue weighted by Crippen LogP contribution is -2.83. The monoisotopic (exact) mass is 568 g/mol. The maximum absolute atomic E-state index is 13.7. The molecule has 4 fully saturated rings. The normalized spacial score (nSPS) is 42.5. The minimum atomic E-state index is -2.53. The van der Waals surface area contributed by atoms with Gasteiger partial charge in [0.1, 0.15) is 34.9 Å². The third-order valence-electron chi connectivity index (χ3n) is 10.0. The van der Waals surface area contributed by atoms with Crippen molar-refractivity contribution in [2.24, 2.45) is 16.7 Å². The van der Waals surface area contributed by atoms with E-state index in [2.05, 4.69) is 0 Å². The van der Waals surface area contributed by atoms with E-state index in [0.29, 0.717) is 0 Å². The molecule has 2 aromatic rings. The number of aliphatic hydroxyl groups excluding tert-OH is 1. The third kappa shape index (κ3) is 3.35. The van der Waals surface area contributed by atoms with Gasteiger partial charge in [0.25, 0.3) is 0 Å². The highest BCUT2D eigenvalue weighted by Crippen LogP contribution is 2.73. The van der Waals surface area contributed by atoms with E-state index in [1.54, 1.807) is 43.3 Å². The SMILES string of the molecule is CO[C@@H]1OC[C@]2(O)[C@H]3C[C@@]4(C(=O)O3)[C@H](C)[C@H](OC(=O)c3ccccc3)[C@@H](O)[C@]4(O)[C@]2(C)[C@H]1OC(=O)c1ccccc1. The molecular formula is C30H32O11. The first kappa shape index (κ1) is 27.8. The number of carbonyl (C=O) groups excluding carboxylic acids is 3. The van der Waals surface area contributed by atoms with Crippen molar-refractivity contribution >= 4 is 17.9 Å². The summed E-state index contributed by atoms with van der Waals surface area (Å²) in [6.07, 6.45) is -7.49. The molecule has 0 amide bonds. The Kier molecular flexibility index (Phi) is 6.33. The second-order valence-corrected chi connectivity index (χ2v) is 11.5. The summed E-state index contributed by atoms with van der Waals surface area (Å²) >= 11 is 0. The molecule has 0 unspecified atom stereocenters. The van der Waals surface area contributed by atoms with Crippen molar-refractivity contribution in [1.29, 1.82) is 0 Å². The Bertz CT molecular complexity index is 1370. The van der Waals surface area contributed by atoms with Gasteiger partial charge in [0.05, 0.1) is 23.1 Å². The molecular weight excluding hydrogens is 536 g/mol. The van der Waals surface area contributed by atoms with Crippen LogP contribution in [0, 0.1) is 16.7 Å². The van der Waals surface area contributed by atoms with Crippen molar-refractivity contribution < 1.29 is 53.4 Å². The van der Waals surface area contributed by atoms with Crippen LogP contribution < -0.4 is 0 Å². The smallest absolute Gasteiger partial charge is 0.338 e. The standard InChI is InChI=1S/C30H32O11/c1-16-20(40-23(32)17-10-6-4-7-11-17)21(31)30(36)27(2)22(41-24(33)18-12-8-5-9-13-18)25(37-3)38-15-29(27,35)19-14-28(16,30)26(34)39-19/h4-13,16,19-22,25,31,35-36H,14-15H2,1-3H3/t16-,19-,20+,21-,22+,25-,27-,28+,29+,30+/m1/s1. The molecule has 11 nitrogen and oxygen atoms in total. The quantitative estimate of drug-likeness (QED) is 0.352. The van der Waals surface area contributed by atoms with Gasteiger partial charge in [-0.15, -0.1) is 0 Å². The van der Waals surface area contributed by atoms with Crippen LogP contribution in [0.15, 0.2) is 60.7 Å². The molecule has 2 saturated carbocycles.